The summed E-state index contributed by atoms with van der Waals surface area (Å²) in [5.74, 6) is 0.0579. The Balaban J connectivity index is 1.82. The Kier molecular flexibility index (Phi) is 3.77. The minimum absolute atomic E-state index is 0.0579. The molecule has 0 saturated carbocycles. The van der Waals surface area contributed by atoms with Crippen molar-refractivity contribution in [2.75, 3.05) is 13.1 Å². The van der Waals surface area contributed by atoms with Gasteiger partial charge in [0.05, 0.1) is 11.6 Å². The molecule has 27 heavy (non-hydrogen) atoms. The summed E-state index contributed by atoms with van der Waals surface area (Å²) >= 11 is 0. The lowest BCUT2D eigenvalue weighted by molar-refractivity contribution is -0.116. The molecule has 0 unspecified atom stereocenters. The molecular formula is C23H29N3O. The zero-order valence-electron chi connectivity index (χ0n) is 16.6. The van der Waals surface area contributed by atoms with Gasteiger partial charge in [0.1, 0.15) is 5.70 Å². The van der Waals surface area contributed by atoms with Crippen LogP contribution in [0.5, 0.6) is 0 Å². The molecule has 142 valence electrons. The molecule has 1 aromatic carbocycles. The number of piperidine rings is 1. The highest BCUT2D eigenvalue weighted by Gasteiger charge is 2.50. The summed E-state index contributed by atoms with van der Waals surface area (Å²) in [5, 5.41) is 4.48. The molecule has 0 spiro atoms. The minimum Gasteiger partial charge on any atom is -0.349 e. The lowest BCUT2D eigenvalue weighted by atomic mass is 9.66. The van der Waals surface area contributed by atoms with Crippen LogP contribution in [-0.4, -0.2) is 34.5 Å². The van der Waals surface area contributed by atoms with Gasteiger partial charge in [-0.1, -0.05) is 25.1 Å². The molecule has 0 aliphatic carbocycles. The molecule has 1 aromatic heterocycles. The van der Waals surface area contributed by atoms with Crippen molar-refractivity contribution in [1.82, 2.24) is 14.8 Å². The number of rotatable bonds is 3. The predicted octanol–water partition coefficient (Wildman–Crippen LogP) is 4.11. The van der Waals surface area contributed by atoms with Gasteiger partial charge in [0.25, 0.3) is 5.91 Å². The zero-order chi connectivity index (χ0) is 18.8. The fourth-order valence-electron chi connectivity index (χ4n) is 5.78. The van der Waals surface area contributed by atoms with E-state index in [1.807, 2.05) is 13.8 Å². The monoisotopic (exact) mass is 363 g/mol. The third-order valence-corrected chi connectivity index (χ3v) is 6.90. The smallest absolute Gasteiger partial charge is 0.268 e. The van der Waals surface area contributed by atoms with Gasteiger partial charge >= 0.3 is 0 Å². The lowest BCUT2D eigenvalue weighted by Gasteiger charge is -2.53. The SMILES string of the molecule is CC[C@@]12C=C(C(=O)NC(C)C)n3c4c(c5ccccc53)CCN(CCC1)[C@H]42. The fraction of sp³-hybridized carbons (Fsp3) is 0.522. The van der Waals surface area contributed by atoms with E-state index in [1.165, 1.54) is 41.5 Å². The van der Waals surface area contributed by atoms with Crippen LogP contribution in [0.25, 0.3) is 16.6 Å². The molecule has 3 aliphatic rings. The van der Waals surface area contributed by atoms with E-state index in [-0.39, 0.29) is 17.4 Å². The number of hydrogen-bond donors (Lipinski definition) is 1. The molecule has 3 aliphatic heterocycles. The van der Waals surface area contributed by atoms with Crippen LogP contribution in [0.2, 0.25) is 0 Å². The molecule has 0 bridgehead atoms. The Labute approximate surface area is 161 Å². The van der Waals surface area contributed by atoms with E-state index in [2.05, 4.69) is 52.0 Å². The first kappa shape index (κ1) is 17.1. The number of carbonyl (C=O) groups is 1. The van der Waals surface area contributed by atoms with Crippen LogP contribution >= 0.6 is 0 Å². The van der Waals surface area contributed by atoms with Crippen molar-refractivity contribution < 1.29 is 4.79 Å². The second-order valence-electron chi connectivity index (χ2n) is 8.75. The number of aromatic nitrogens is 1. The quantitative estimate of drug-likeness (QED) is 0.891. The summed E-state index contributed by atoms with van der Waals surface area (Å²) in [6.45, 7) is 8.67. The summed E-state index contributed by atoms with van der Waals surface area (Å²) in [6.07, 6.45) is 6.88. The van der Waals surface area contributed by atoms with E-state index in [9.17, 15) is 4.79 Å². The van der Waals surface area contributed by atoms with Gasteiger partial charge in [-0.15, -0.1) is 0 Å². The molecule has 1 saturated heterocycles. The maximum atomic E-state index is 13.2. The van der Waals surface area contributed by atoms with Crippen LogP contribution in [0, 0.1) is 5.41 Å². The number of benzene rings is 1. The molecule has 1 amide bonds. The van der Waals surface area contributed by atoms with Crippen molar-refractivity contribution in [3.8, 4) is 0 Å². The van der Waals surface area contributed by atoms with Crippen molar-refractivity contribution in [3.05, 3.63) is 41.6 Å². The van der Waals surface area contributed by atoms with E-state index in [1.54, 1.807) is 0 Å². The maximum Gasteiger partial charge on any atom is 0.268 e. The van der Waals surface area contributed by atoms with Crippen LogP contribution in [0.4, 0.5) is 0 Å². The highest BCUT2D eigenvalue weighted by molar-refractivity contribution is 6.16. The number of amides is 1. The van der Waals surface area contributed by atoms with Gasteiger partial charge in [0.15, 0.2) is 0 Å². The summed E-state index contributed by atoms with van der Waals surface area (Å²) in [4.78, 5) is 15.9. The van der Waals surface area contributed by atoms with Crippen molar-refractivity contribution in [1.29, 1.82) is 0 Å². The third kappa shape index (κ3) is 2.29. The van der Waals surface area contributed by atoms with Gasteiger partial charge in [-0.2, -0.15) is 0 Å². The lowest BCUT2D eigenvalue weighted by Crippen LogP contribution is -2.51. The Hall–Kier alpha value is -2.07. The van der Waals surface area contributed by atoms with E-state index in [0.717, 1.165) is 25.1 Å². The Bertz CT molecular complexity index is 954. The number of para-hydroxylation sites is 1. The summed E-state index contributed by atoms with van der Waals surface area (Å²) in [6, 6.07) is 9.17. The molecular weight excluding hydrogens is 334 g/mol. The van der Waals surface area contributed by atoms with Crippen molar-refractivity contribution in [2.45, 2.75) is 58.5 Å². The van der Waals surface area contributed by atoms with Gasteiger partial charge in [-0.3, -0.25) is 9.69 Å². The zero-order valence-corrected chi connectivity index (χ0v) is 16.6. The van der Waals surface area contributed by atoms with Crippen LogP contribution in [0.15, 0.2) is 30.3 Å². The second-order valence-corrected chi connectivity index (χ2v) is 8.75. The molecule has 4 heteroatoms. The third-order valence-electron chi connectivity index (χ3n) is 6.90. The number of fused-ring (bicyclic) bond motifs is 3. The van der Waals surface area contributed by atoms with E-state index in [0.29, 0.717) is 6.04 Å². The average molecular weight is 364 g/mol. The van der Waals surface area contributed by atoms with Crippen molar-refractivity contribution in [3.63, 3.8) is 0 Å². The molecule has 2 atom stereocenters. The number of carbonyl (C=O) groups excluding carboxylic acids is 1. The minimum atomic E-state index is 0.0579. The summed E-state index contributed by atoms with van der Waals surface area (Å²) in [7, 11) is 0. The molecule has 5 rings (SSSR count). The number of nitrogens with zero attached hydrogens (tertiary/aromatic N) is 2. The van der Waals surface area contributed by atoms with Crippen LogP contribution in [0.1, 0.15) is 57.3 Å². The molecule has 0 radical (unpaired) electrons. The summed E-state index contributed by atoms with van der Waals surface area (Å²) < 4.78 is 2.29. The molecule has 1 N–H and O–H groups in total. The van der Waals surface area contributed by atoms with E-state index < -0.39 is 0 Å². The van der Waals surface area contributed by atoms with Gasteiger partial charge < -0.3 is 9.88 Å². The van der Waals surface area contributed by atoms with Gasteiger partial charge in [-0.25, -0.2) is 0 Å². The van der Waals surface area contributed by atoms with Gasteiger partial charge in [-0.05, 0) is 63.8 Å². The fourth-order valence-corrected chi connectivity index (χ4v) is 5.78. The van der Waals surface area contributed by atoms with Crippen molar-refractivity contribution >= 4 is 22.5 Å². The van der Waals surface area contributed by atoms with Crippen LogP contribution in [-0.2, 0) is 11.2 Å². The van der Waals surface area contributed by atoms with E-state index in [4.69, 9.17) is 0 Å². The van der Waals surface area contributed by atoms with E-state index >= 15 is 0 Å². The highest BCUT2D eigenvalue weighted by atomic mass is 16.2. The second kappa shape index (κ2) is 5.96. The Morgan fingerprint density at radius 1 is 1.30 bits per heavy atom. The largest absolute Gasteiger partial charge is 0.349 e. The highest BCUT2D eigenvalue weighted by Crippen LogP contribution is 2.56. The van der Waals surface area contributed by atoms with Crippen LogP contribution in [0.3, 0.4) is 0 Å². The number of hydrogen-bond acceptors (Lipinski definition) is 2. The maximum absolute atomic E-state index is 13.2. The average Bonchev–Trinajstić information content (AvgIpc) is 3.01. The molecule has 4 heterocycles. The Morgan fingerprint density at radius 3 is 2.89 bits per heavy atom. The standard InChI is InChI=1S/C23H29N3O/c1-4-23-11-7-12-25-13-10-17-16-8-5-6-9-18(16)26(20(17)21(23)25)19(14-23)22(27)24-15(2)3/h5-6,8-9,14-15,21H,4,7,10-13H2,1-3H3,(H,24,27)/t21-,23+/m1/s1. The van der Waals surface area contributed by atoms with Crippen LogP contribution < -0.4 is 5.32 Å². The number of nitrogens with one attached hydrogen (secondary N) is 1. The van der Waals surface area contributed by atoms with Gasteiger partial charge in [0, 0.05) is 29.1 Å². The van der Waals surface area contributed by atoms with Gasteiger partial charge in [0.2, 0.25) is 0 Å². The summed E-state index contributed by atoms with van der Waals surface area (Å²) in [5.41, 5.74) is 4.95. The predicted molar refractivity (Wildman–Crippen MR) is 109 cm³/mol. The molecule has 1 fully saturated rings. The Morgan fingerprint density at radius 2 is 2.11 bits per heavy atom. The topological polar surface area (TPSA) is 37.3 Å². The first-order valence-electron chi connectivity index (χ1n) is 10.5. The molecule has 2 aromatic rings. The first-order chi connectivity index (χ1) is 13.1. The molecule has 4 nitrogen and oxygen atoms in total. The first-order valence-corrected chi connectivity index (χ1v) is 10.5. The normalized spacial score (nSPS) is 26.8. The van der Waals surface area contributed by atoms with Crippen molar-refractivity contribution in [2.24, 2.45) is 5.41 Å².